The highest BCUT2D eigenvalue weighted by Crippen LogP contribution is 2.39. The molecule has 1 atom stereocenters. The molecule has 228 valence electrons. The largest absolute Gasteiger partial charge is 0.482 e. The second-order valence-corrected chi connectivity index (χ2v) is 13.0. The number of nitrogens with zero attached hydrogens (tertiary/aromatic N) is 3. The fourth-order valence-corrected chi connectivity index (χ4v) is 6.07. The Morgan fingerprint density at radius 3 is 2.42 bits per heavy atom. The monoisotopic (exact) mass is 646 g/mol. The average molecular weight is 648 g/mol. The van der Waals surface area contributed by atoms with Crippen LogP contribution in [0, 0.1) is 0 Å². The molecule has 0 spiro atoms. The summed E-state index contributed by atoms with van der Waals surface area (Å²) in [5, 5.41) is 0.546. The number of amides is 2. The summed E-state index contributed by atoms with van der Waals surface area (Å²) in [5.41, 5.74) is 3.32. The van der Waals surface area contributed by atoms with Crippen LogP contribution in [-0.2, 0) is 24.3 Å². The third-order valence-corrected chi connectivity index (χ3v) is 8.78. The molecule has 43 heavy (non-hydrogen) atoms. The Kier molecular flexibility index (Phi) is 9.48. The summed E-state index contributed by atoms with van der Waals surface area (Å²) < 4.78 is 37.4. The maximum Gasteiger partial charge on any atom is 0.265 e. The molecule has 3 aromatic rings. The molecular formula is C30H32Cl2N4O6S. The van der Waals surface area contributed by atoms with Gasteiger partial charge in [-0.2, -0.15) is 0 Å². The number of hydrogen-bond donors (Lipinski definition) is 1. The second-order valence-electron chi connectivity index (χ2n) is 10.5. The number of likely N-dealkylation sites (N-methyl/N-ethyl adjacent to an activating group) is 1. The van der Waals surface area contributed by atoms with Crippen molar-refractivity contribution in [3.8, 4) is 16.9 Å². The number of rotatable bonds is 9. The first-order valence-electron chi connectivity index (χ1n) is 13.7. The van der Waals surface area contributed by atoms with E-state index < -0.39 is 10.0 Å². The maximum atomic E-state index is 13.8. The average Bonchev–Trinajstić information content (AvgIpc) is 2.98. The van der Waals surface area contributed by atoms with Crippen molar-refractivity contribution in [2.75, 3.05) is 68.9 Å². The van der Waals surface area contributed by atoms with Crippen LogP contribution in [0.2, 0.25) is 10.0 Å². The molecule has 1 fully saturated rings. The molecule has 3 aromatic carbocycles. The van der Waals surface area contributed by atoms with E-state index in [1.54, 1.807) is 30.1 Å². The molecular weight excluding hydrogens is 615 g/mol. The van der Waals surface area contributed by atoms with Gasteiger partial charge in [0.05, 0.1) is 46.9 Å². The Hall–Kier alpha value is -3.35. The molecule has 0 saturated carbocycles. The van der Waals surface area contributed by atoms with Crippen molar-refractivity contribution < 1.29 is 27.5 Å². The zero-order valence-electron chi connectivity index (χ0n) is 23.8. The van der Waals surface area contributed by atoms with Crippen LogP contribution < -0.4 is 14.4 Å². The first kappa shape index (κ1) is 31.1. The summed E-state index contributed by atoms with van der Waals surface area (Å²) in [4.78, 5) is 31.9. The number of carbonyl (C=O) groups is 2. The number of benzene rings is 3. The van der Waals surface area contributed by atoms with Crippen molar-refractivity contribution in [2.24, 2.45) is 0 Å². The van der Waals surface area contributed by atoms with Crippen LogP contribution in [0.15, 0.2) is 60.7 Å². The smallest absolute Gasteiger partial charge is 0.265 e. The fraction of sp³-hybridized carbons (Fsp3) is 0.333. The quantitative estimate of drug-likeness (QED) is 0.369. The molecule has 2 heterocycles. The van der Waals surface area contributed by atoms with Gasteiger partial charge in [0.1, 0.15) is 12.3 Å². The fourth-order valence-electron chi connectivity index (χ4n) is 5.18. The summed E-state index contributed by atoms with van der Waals surface area (Å²) in [6, 6.07) is 17.6. The Balaban J connectivity index is 1.42. The molecule has 10 nitrogen and oxygen atoms in total. The predicted octanol–water partition coefficient (Wildman–Crippen LogP) is 4.29. The van der Waals surface area contributed by atoms with Crippen molar-refractivity contribution in [1.29, 1.82) is 0 Å². The molecule has 2 amide bonds. The molecule has 13 heteroatoms. The normalized spacial score (nSPS) is 16.3. The lowest BCUT2D eigenvalue weighted by atomic mass is 9.98. The van der Waals surface area contributed by atoms with Gasteiger partial charge in [-0.15, -0.1) is 0 Å². The van der Waals surface area contributed by atoms with Gasteiger partial charge in [-0.25, -0.2) is 8.42 Å². The first-order chi connectivity index (χ1) is 20.5. The topological polar surface area (TPSA) is 108 Å². The van der Waals surface area contributed by atoms with Gasteiger partial charge in [0.2, 0.25) is 15.9 Å². The minimum absolute atomic E-state index is 0.202. The summed E-state index contributed by atoms with van der Waals surface area (Å²) in [7, 11) is -1.74. The van der Waals surface area contributed by atoms with E-state index in [1.165, 1.54) is 11.0 Å². The van der Waals surface area contributed by atoms with E-state index in [4.69, 9.17) is 32.7 Å². The highest BCUT2D eigenvalue weighted by molar-refractivity contribution is 7.92. The van der Waals surface area contributed by atoms with Gasteiger partial charge >= 0.3 is 0 Å². The van der Waals surface area contributed by atoms with Crippen molar-refractivity contribution in [1.82, 2.24) is 9.80 Å². The van der Waals surface area contributed by atoms with Crippen molar-refractivity contribution >= 4 is 56.4 Å². The molecule has 5 rings (SSSR count). The number of morpholine rings is 1. The van der Waals surface area contributed by atoms with Gasteiger partial charge in [-0.1, -0.05) is 65.7 Å². The number of halogens is 2. The van der Waals surface area contributed by atoms with Gasteiger partial charge in [0, 0.05) is 38.3 Å². The molecule has 0 radical (unpaired) electrons. The highest BCUT2D eigenvalue weighted by Gasteiger charge is 2.32. The molecule has 0 aliphatic carbocycles. The number of anilines is 2. The van der Waals surface area contributed by atoms with Gasteiger partial charge in [0.25, 0.3) is 5.91 Å². The Morgan fingerprint density at radius 1 is 1.05 bits per heavy atom. The number of ether oxygens (including phenoxy) is 2. The lowest BCUT2D eigenvalue weighted by Gasteiger charge is -2.37. The van der Waals surface area contributed by atoms with Crippen LogP contribution in [0.4, 0.5) is 11.4 Å². The second kappa shape index (κ2) is 13.1. The first-order valence-corrected chi connectivity index (χ1v) is 16.3. The van der Waals surface area contributed by atoms with Crippen LogP contribution >= 0.6 is 23.2 Å². The Labute approximate surface area is 261 Å². The zero-order chi connectivity index (χ0) is 30.7. The van der Waals surface area contributed by atoms with Crippen LogP contribution in [0.25, 0.3) is 11.1 Å². The van der Waals surface area contributed by atoms with Gasteiger partial charge in [-0.05, 0) is 23.3 Å². The maximum absolute atomic E-state index is 13.8. The van der Waals surface area contributed by atoms with Crippen LogP contribution in [0.1, 0.15) is 11.6 Å². The number of sulfonamides is 1. The van der Waals surface area contributed by atoms with E-state index >= 15 is 0 Å². The highest BCUT2D eigenvalue weighted by atomic mass is 35.5. The van der Waals surface area contributed by atoms with Gasteiger partial charge in [0.15, 0.2) is 6.61 Å². The zero-order valence-corrected chi connectivity index (χ0v) is 26.1. The van der Waals surface area contributed by atoms with E-state index in [0.29, 0.717) is 41.9 Å². The minimum Gasteiger partial charge on any atom is -0.482 e. The number of nitrogens with one attached hydrogen (secondary N) is 1. The molecule has 0 bridgehead atoms. The number of hydrogen-bond acceptors (Lipinski definition) is 7. The lowest BCUT2D eigenvalue weighted by Crippen LogP contribution is -2.48. The predicted molar refractivity (Wildman–Crippen MR) is 167 cm³/mol. The van der Waals surface area contributed by atoms with Crippen molar-refractivity contribution in [3.63, 3.8) is 0 Å². The van der Waals surface area contributed by atoms with Gasteiger partial charge < -0.3 is 14.4 Å². The molecule has 1 N–H and O–H groups in total. The van der Waals surface area contributed by atoms with E-state index in [2.05, 4.69) is 9.62 Å². The van der Waals surface area contributed by atoms with Gasteiger partial charge in [-0.3, -0.25) is 24.1 Å². The number of fused-ring (bicyclic) bond motifs is 1. The van der Waals surface area contributed by atoms with E-state index in [1.807, 2.05) is 36.4 Å². The number of carbonyl (C=O) groups excluding carboxylic acids is 2. The molecule has 2 aliphatic heterocycles. The van der Waals surface area contributed by atoms with E-state index in [9.17, 15) is 18.0 Å². The summed E-state index contributed by atoms with van der Waals surface area (Å²) in [5.74, 6) is -0.240. The third-order valence-electron chi connectivity index (χ3n) is 7.46. The molecule has 1 saturated heterocycles. The third kappa shape index (κ3) is 7.42. The Bertz CT molecular complexity index is 1610. The minimum atomic E-state index is -3.47. The van der Waals surface area contributed by atoms with Crippen LogP contribution in [0.5, 0.6) is 5.75 Å². The Morgan fingerprint density at radius 2 is 1.72 bits per heavy atom. The standard InChI is InChI=1S/C30H32Cl2N4O6S/c1-34(29(37)18-36-26-15-23(31)24(32)16-28(26)42-19-30(36)38)27(17-35-11-13-41-14-12-35)21-9-7-20(8-10-21)22-5-3-4-6-25(22)33-43(2,39)40/h3-10,15-16,27,33H,11-14,17-19H2,1-2H3/t27-/m0/s1. The molecule has 2 aliphatic rings. The molecule has 0 unspecified atom stereocenters. The summed E-state index contributed by atoms with van der Waals surface area (Å²) >= 11 is 12.4. The summed E-state index contributed by atoms with van der Waals surface area (Å²) in [6.07, 6.45) is 1.11. The van der Waals surface area contributed by atoms with E-state index in [0.717, 1.165) is 36.0 Å². The van der Waals surface area contributed by atoms with Crippen LogP contribution in [-0.4, -0.2) is 89.3 Å². The van der Waals surface area contributed by atoms with E-state index in [-0.39, 0.29) is 36.0 Å². The molecule has 0 aromatic heterocycles. The SMILES string of the molecule is CN(C(=O)CN1C(=O)COc2cc(Cl)c(Cl)cc21)[C@@H](CN1CCOCC1)c1ccc(-c2ccccc2NS(C)(=O)=O)cc1. The number of para-hydroxylation sites is 1. The van der Waals surface area contributed by atoms with Crippen molar-refractivity contribution in [3.05, 3.63) is 76.3 Å². The van der Waals surface area contributed by atoms with Crippen LogP contribution in [0.3, 0.4) is 0 Å². The van der Waals surface area contributed by atoms with Crippen molar-refractivity contribution in [2.45, 2.75) is 6.04 Å². The summed E-state index contributed by atoms with van der Waals surface area (Å²) in [6.45, 7) is 2.82. The lowest BCUT2D eigenvalue weighted by molar-refractivity contribution is -0.133.